The van der Waals surface area contributed by atoms with Crippen LogP contribution in [0.4, 0.5) is 4.79 Å². The number of hydrogen-bond acceptors (Lipinski definition) is 7. The summed E-state index contributed by atoms with van der Waals surface area (Å²) in [7, 11) is 3.10. The largest absolute Gasteiger partial charge is 0.443 e. The van der Waals surface area contributed by atoms with Crippen LogP contribution in [0.1, 0.15) is 37.9 Å². The zero-order chi connectivity index (χ0) is 28.9. The monoisotopic (exact) mass is 562 g/mol. The zero-order valence-electron chi connectivity index (χ0n) is 22.5. The Morgan fingerprint density at radius 2 is 1.75 bits per heavy atom. The molecule has 12 heteroatoms. The highest BCUT2D eigenvalue weighted by Crippen LogP contribution is 2.28. The van der Waals surface area contributed by atoms with Gasteiger partial charge >= 0.3 is 11.8 Å². The topological polar surface area (TPSA) is 126 Å². The van der Waals surface area contributed by atoms with E-state index in [-0.39, 0.29) is 29.2 Å². The fourth-order valence-corrected chi connectivity index (χ4v) is 4.90. The third-order valence-corrected chi connectivity index (χ3v) is 6.81. The maximum atomic E-state index is 13.8. The third-order valence-electron chi connectivity index (χ3n) is 6.48. The van der Waals surface area contributed by atoms with Crippen molar-refractivity contribution in [3.05, 3.63) is 97.5 Å². The highest BCUT2D eigenvalue weighted by molar-refractivity contribution is 6.35. The zero-order valence-corrected chi connectivity index (χ0v) is 23.3. The molecule has 3 heterocycles. The first kappa shape index (κ1) is 26.9. The molecular weight excluding hydrogens is 536 g/mol. The fourth-order valence-electron chi connectivity index (χ4n) is 4.67. The minimum absolute atomic E-state index is 0.118. The van der Waals surface area contributed by atoms with Crippen LogP contribution in [0.25, 0.3) is 22.1 Å². The predicted octanol–water partition coefficient (Wildman–Crippen LogP) is 4.10. The molecule has 3 aromatic heterocycles. The maximum Gasteiger partial charge on any atom is 0.419 e. The summed E-state index contributed by atoms with van der Waals surface area (Å²) in [4.78, 5) is 45.1. The Morgan fingerprint density at radius 3 is 2.40 bits per heavy atom. The first-order chi connectivity index (χ1) is 18.9. The molecular formula is C28H27ClN6O5. The van der Waals surface area contributed by atoms with Crippen molar-refractivity contribution in [2.45, 2.75) is 32.9 Å². The average molecular weight is 563 g/mol. The smallest absolute Gasteiger partial charge is 0.419 e. The Labute approximate surface area is 233 Å². The molecule has 0 aliphatic rings. The molecule has 11 nitrogen and oxygen atoms in total. The van der Waals surface area contributed by atoms with E-state index in [0.717, 1.165) is 4.57 Å². The highest BCUT2D eigenvalue weighted by atomic mass is 35.5. The summed E-state index contributed by atoms with van der Waals surface area (Å²) >= 11 is 6.42. The number of halogens is 1. The van der Waals surface area contributed by atoms with E-state index < -0.39 is 22.9 Å². The van der Waals surface area contributed by atoms with Crippen molar-refractivity contribution >= 4 is 45.5 Å². The van der Waals surface area contributed by atoms with Gasteiger partial charge < -0.3 is 14.5 Å². The molecule has 0 fully saturated rings. The van der Waals surface area contributed by atoms with Gasteiger partial charge in [0.05, 0.1) is 17.8 Å². The Bertz CT molecular complexity index is 1940. The standard InChI is InChI=1S/C28H27ClN6O5/c1-28(2,3)40-27(38)35-17(14-18-19(29)12-9-13-20(18)35)15-34-25(36)22-24(33(5)26(34)37)30-23(32(22)4)21(31-39)16-10-7-6-8-11-16/h6-14,39H,15H2,1-5H3/b31-21-. The Balaban J connectivity index is 1.71. The summed E-state index contributed by atoms with van der Waals surface area (Å²) in [5, 5.41) is 14.2. The van der Waals surface area contributed by atoms with Crippen molar-refractivity contribution in [1.82, 2.24) is 23.3 Å². The van der Waals surface area contributed by atoms with Crippen molar-refractivity contribution < 1.29 is 14.7 Å². The molecule has 1 N–H and O–H groups in total. The van der Waals surface area contributed by atoms with Crippen LogP contribution in [0, 0.1) is 0 Å². The number of oxime groups is 1. The molecule has 0 aliphatic heterocycles. The lowest BCUT2D eigenvalue weighted by Gasteiger charge is -2.21. The molecule has 0 spiro atoms. The van der Waals surface area contributed by atoms with Crippen molar-refractivity contribution in [3.63, 3.8) is 0 Å². The van der Waals surface area contributed by atoms with Gasteiger partial charge in [0.25, 0.3) is 5.56 Å². The van der Waals surface area contributed by atoms with Crippen LogP contribution in [0.3, 0.4) is 0 Å². The number of nitrogens with zero attached hydrogens (tertiary/aromatic N) is 6. The lowest BCUT2D eigenvalue weighted by molar-refractivity contribution is 0.0540. The summed E-state index contributed by atoms with van der Waals surface area (Å²) in [6, 6.07) is 15.6. The molecule has 206 valence electrons. The summed E-state index contributed by atoms with van der Waals surface area (Å²) in [5.41, 5.74) is -0.287. The van der Waals surface area contributed by atoms with E-state index in [2.05, 4.69) is 10.1 Å². The van der Waals surface area contributed by atoms with Crippen molar-refractivity contribution in [2.24, 2.45) is 19.3 Å². The molecule has 0 aliphatic carbocycles. The van der Waals surface area contributed by atoms with Gasteiger partial charge in [-0.1, -0.05) is 53.2 Å². The number of aromatic nitrogens is 5. The number of benzene rings is 2. The quantitative estimate of drug-likeness (QED) is 0.200. The molecule has 0 amide bonds. The summed E-state index contributed by atoms with van der Waals surface area (Å²) in [6.07, 6.45) is -0.666. The minimum Gasteiger partial charge on any atom is -0.443 e. The molecule has 2 aromatic carbocycles. The van der Waals surface area contributed by atoms with Crippen molar-refractivity contribution in [2.75, 3.05) is 0 Å². The summed E-state index contributed by atoms with van der Waals surface area (Å²) in [5.74, 6) is 0.197. The normalized spacial score (nSPS) is 12.4. The predicted molar refractivity (Wildman–Crippen MR) is 152 cm³/mol. The van der Waals surface area contributed by atoms with Gasteiger partial charge in [-0.3, -0.25) is 13.9 Å². The van der Waals surface area contributed by atoms with E-state index in [1.165, 1.54) is 20.7 Å². The van der Waals surface area contributed by atoms with Crippen molar-refractivity contribution in [1.29, 1.82) is 0 Å². The molecule has 0 unspecified atom stereocenters. The number of carbonyl (C=O) groups excluding carboxylic acids is 1. The van der Waals surface area contributed by atoms with Crippen molar-refractivity contribution in [3.8, 4) is 0 Å². The first-order valence-electron chi connectivity index (χ1n) is 12.4. The van der Waals surface area contributed by atoms with Crippen LogP contribution >= 0.6 is 11.6 Å². The fraction of sp³-hybridized carbons (Fsp3) is 0.250. The van der Waals surface area contributed by atoms with Gasteiger partial charge in [-0.2, -0.15) is 0 Å². The minimum atomic E-state index is -0.786. The second-order valence-electron chi connectivity index (χ2n) is 10.3. The summed E-state index contributed by atoms with van der Waals surface area (Å²) in [6.45, 7) is 5.00. The van der Waals surface area contributed by atoms with E-state index in [1.807, 2.05) is 6.07 Å². The van der Waals surface area contributed by atoms with E-state index >= 15 is 0 Å². The molecule has 0 atom stereocenters. The second kappa shape index (κ2) is 9.83. The summed E-state index contributed by atoms with van der Waals surface area (Å²) < 4.78 is 10.7. The highest BCUT2D eigenvalue weighted by Gasteiger charge is 2.26. The van der Waals surface area contributed by atoms with E-state index in [1.54, 1.807) is 76.3 Å². The number of hydrogen-bond donors (Lipinski definition) is 1. The maximum absolute atomic E-state index is 13.8. The van der Waals surface area contributed by atoms with Crippen LogP contribution in [0.5, 0.6) is 0 Å². The van der Waals surface area contributed by atoms with Gasteiger partial charge in [-0.05, 0) is 39.0 Å². The van der Waals surface area contributed by atoms with Gasteiger partial charge in [-0.25, -0.2) is 19.1 Å². The molecule has 0 saturated heterocycles. The molecule has 0 radical (unpaired) electrons. The third kappa shape index (κ3) is 4.47. The van der Waals surface area contributed by atoms with E-state index in [9.17, 15) is 19.6 Å². The lowest BCUT2D eigenvalue weighted by atomic mass is 10.1. The first-order valence-corrected chi connectivity index (χ1v) is 12.8. The van der Waals surface area contributed by atoms with Gasteiger partial charge in [0.2, 0.25) is 0 Å². The number of fused-ring (bicyclic) bond motifs is 2. The average Bonchev–Trinajstić information content (AvgIpc) is 3.44. The van der Waals surface area contributed by atoms with Gasteiger partial charge in [0.15, 0.2) is 22.7 Å². The number of aryl methyl sites for hydroxylation is 2. The van der Waals surface area contributed by atoms with Crippen LogP contribution in [0.2, 0.25) is 5.02 Å². The second-order valence-corrected chi connectivity index (χ2v) is 10.7. The van der Waals surface area contributed by atoms with Gasteiger partial charge in [0.1, 0.15) is 5.60 Å². The van der Waals surface area contributed by atoms with Gasteiger partial charge in [0, 0.05) is 30.1 Å². The lowest BCUT2D eigenvalue weighted by Crippen LogP contribution is -2.40. The molecule has 40 heavy (non-hydrogen) atoms. The Morgan fingerprint density at radius 1 is 1.05 bits per heavy atom. The van der Waals surface area contributed by atoms with E-state index in [4.69, 9.17) is 16.3 Å². The molecule has 5 rings (SSSR count). The Kier molecular flexibility index (Phi) is 6.62. The number of imidazole rings is 1. The van der Waals surface area contributed by atoms with Crippen LogP contribution in [0.15, 0.2) is 69.3 Å². The number of ether oxygens (including phenoxy) is 1. The van der Waals surface area contributed by atoms with Crippen LogP contribution < -0.4 is 11.2 Å². The van der Waals surface area contributed by atoms with Crippen LogP contribution in [-0.2, 0) is 25.4 Å². The molecule has 0 bridgehead atoms. The van der Waals surface area contributed by atoms with Crippen LogP contribution in [-0.4, -0.2) is 45.9 Å². The molecule has 5 aromatic rings. The Hall–Kier alpha value is -4.64. The molecule has 0 saturated carbocycles. The van der Waals surface area contributed by atoms with E-state index in [0.29, 0.717) is 27.2 Å². The number of rotatable bonds is 4. The van der Waals surface area contributed by atoms with Gasteiger partial charge in [-0.15, -0.1) is 0 Å². The number of carbonyl (C=O) groups is 1. The SMILES string of the molecule is Cn1c(/C(=N\O)c2ccccc2)nc2c1c(=O)n(Cc1cc3c(Cl)cccc3n1C(=O)OC(C)(C)C)c(=O)n2C.